The number of piperazine rings is 1. The molecule has 2 aliphatic heterocycles. The van der Waals surface area contributed by atoms with Crippen LogP contribution in [0.15, 0.2) is 28.7 Å². The van der Waals surface area contributed by atoms with Crippen molar-refractivity contribution in [2.45, 2.75) is 12.5 Å². The Morgan fingerprint density at radius 3 is 2.68 bits per heavy atom. The average Bonchev–Trinajstić information content (AvgIpc) is 3.00. The molecule has 1 atom stereocenters. The molecule has 0 saturated carbocycles. The number of methoxy groups -OCH3 is 1. The third-order valence-electron chi connectivity index (χ3n) is 4.95. The molecule has 25 heavy (non-hydrogen) atoms. The molecule has 1 aromatic rings. The van der Waals surface area contributed by atoms with Crippen LogP contribution in [-0.2, 0) is 9.53 Å². The van der Waals surface area contributed by atoms with E-state index in [1.807, 2.05) is 34.1 Å². The smallest absolute Gasteiger partial charge is 0.253 e. The van der Waals surface area contributed by atoms with Crippen molar-refractivity contribution in [3.8, 4) is 0 Å². The van der Waals surface area contributed by atoms with E-state index in [4.69, 9.17) is 4.74 Å². The van der Waals surface area contributed by atoms with Gasteiger partial charge in [-0.1, -0.05) is 22.0 Å². The standard InChI is InChI=1S/C18H24BrN3O3/c1-25-12-11-21-6-5-16(18(21)24)20-7-9-22(10-8-20)17(23)14-3-2-4-15(19)13-14/h2-4,13,16H,5-12H2,1H3. The third kappa shape index (κ3) is 4.22. The molecule has 2 heterocycles. The molecule has 0 bridgehead atoms. The first-order valence-corrected chi connectivity index (χ1v) is 9.46. The fraction of sp³-hybridized carbons (Fsp3) is 0.556. The summed E-state index contributed by atoms with van der Waals surface area (Å²) in [6.07, 6.45) is 0.863. The number of amides is 2. The lowest BCUT2D eigenvalue weighted by atomic mass is 10.1. The lowest BCUT2D eigenvalue weighted by Gasteiger charge is -2.37. The van der Waals surface area contributed by atoms with Crippen molar-refractivity contribution in [2.24, 2.45) is 0 Å². The summed E-state index contributed by atoms with van der Waals surface area (Å²) in [7, 11) is 1.65. The fourth-order valence-corrected chi connectivity index (χ4v) is 3.92. The van der Waals surface area contributed by atoms with E-state index in [1.54, 1.807) is 7.11 Å². The number of rotatable bonds is 5. The Bertz CT molecular complexity index is 632. The van der Waals surface area contributed by atoms with Gasteiger partial charge < -0.3 is 14.5 Å². The molecule has 2 fully saturated rings. The minimum Gasteiger partial charge on any atom is -0.383 e. The highest BCUT2D eigenvalue weighted by Gasteiger charge is 2.37. The number of benzene rings is 1. The van der Waals surface area contributed by atoms with Crippen molar-refractivity contribution >= 4 is 27.7 Å². The van der Waals surface area contributed by atoms with Crippen LogP contribution in [0.1, 0.15) is 16.8 Å². The molecule has 1 aromatic carbocycles. The number of carbonyl (C=O) groups excluding carboxylic acids is 2. The molecule has 0 N–H and O–H groups in total. The Kier molecular flexibility index (Phi) is 6.09. The molecule has 2 saturated heterocycles. The van der Waals surface area contributed by atoms with Gasteiger partial charge in [0.15, 0.2) is 0 Å². The largest absolute Gasteiger partial charge is 0.383 e. The van der Waals surface area contributed by atoms with E-state index in [1.165, 1.54) is 0 Å². The summed E-state index contributed by atoms with van der Waals surface area (Å²) < 4.78 is 5.98. The molecule has 7 heteroatoms. The predicted octanol–water partition coefficient (Wildman–Crippen LogP) is 1.45. The van der Waals surface area contributed by atoms with Crippen LogP contribution in [0.4, 0.5) is 0 Å². The van der Waals surface area contributed by atoms with Gasteiger partial charge in [0.1, 0.15) is 0 Å². The van der Waals surface area contributed by atoms with Gasteiger partial charge in [-0.15, -0.1) is 0 Å². The Balaban J connectivity index is 1.54. The maximum Gasteiger partial charge on any atom is 0.253 e. The minimum atomic E-state index is -0.0417. The van der Waals surface area contributed by atoms with Gasteiger partial charge in [-0.25, -0.2) is 0 Å². The Hall–Kier alpha value is -1.44. The molecule has 6 nitrogen and oxygen atoms in total. The second-order valence-corrected chi connectivity index (χ2v) is 7.38. The van der Waals surface area contributed by atoms with Crippen molar-refractivity contribution in [1.82, 2.24) is 14.7 Å². The molecule has 0 radical (unpaired) electrons. The molecule has 0 spiro atoms. The van der Waals surface area contributed by atoms with Gasteiger partial charge in [0, 0.05) is 56.4 Å². The van der Waals surface area contributed by atoms with Gasteiger partial charge >= 0.3 is 0 Å². The first kappa shape index (κ1) is 18.4. The third-order valence-corrected chi connectivity index (χ3v) is 5.44. The number of ether oxygens (including phenoxy) is 1. The molecule has 2 amide bonds. The molecule has 3 rings (SSSR count). The summed E-state index contributed by atoms with van der Waals surface area (Å²) in [6, 6.07) is 7.44. The Morgan fingerprint density at radius 1 is 1.24 bits per heavy atom. The van der Waals surface area contributed by atoms with E-state index < -0.39 is 0 Å². The van der Waals surface area contributed by atoms with Crippen LogP contribution in [0.5, 0.6) is 0 Å². The molecule has 1 unspecified atom stereocenters. The maximum absolute atomic E-state index is 12.6. The van der Waals surface area contributed by atoms with Gasteiger partial charge in [0.2, 0.25) is 5.91 Å². The van der Waals surface area contributed by atoms with Crippen LogP contribution < -0.4 is 0 Å². The Labute approximate surface area is 156 Å². The van der Waals surface area contributed by atoms with E-state index in [0.717, 1.165) is 30.5 Å². The normalized spacial score (nSPS) is 21.8. The van der Waals surface area contributed by atoms with Crippen molar-refractivity contribution < 1.29 is 14.3 Å². The monoisotopic (exact) mass is 409 g/mol. The summed E-state index contributed by atoms with van der Waals surface area (Å²) in [5.41, 5.74) is 0.700. The highest BCUT2D eigenvalue weighted by Crippen LogP contribution is 2.20. The molecule has 0 aromatic heterocycles. The number of carbonyl (C=O) groups is 2. The number of hydrogen-bond acceptors (Lipinski definition) is 4. The second-order valence-electron chi connectivity index (χ2n) is 6.46. The number of likely N-dealkylation sites (tertiary alicyclic amines) is 1. The van der Waals surface area contributed by atoms with Crippen molar-refractivity contribution in [3.05, 3.63) is 34.3 Å². The van der Waals surface area contributed by atoms with Crippen molar-refractivity contribution in [1.29, 1.82) is 0 Å². The molecule has 0 aliphatic carbocycles. The first-order valence-electron chi connectivity index (χ1n) is 8.67. The van der Waals surface area contributed by atoms with Gasteiger partial charge in [0.25, 0.3) is 5.91 Å². The fourth-order valence-electron chi connectivity index (χ4n) is 3.53. The molecular formula is C18H24BrN3O3. The summed E-state index contributed by atoms with van der Waals surface area (Å²) in [5, 5.41) is 0. The number of hydrogen-bond donors (Lipinski definition) is 0. The summed E-state index contributed by atoms with van der Waals surface area (Å²) in [5.74, 6) is 0.254. The van der Waals surface area contributed by atoms with Gasteiger partial charge in [-0.05, 0) is 24.6 Å². The maximum atomic E-state index is 12.6. The number of halogens is 1. The lowest BCUT2D eigenvalue weighted by molar-refractivity contribution is -0.133. The quantitative estimate of drug-likeness (QED) is 0.738. The highest BCUT2D eigenvalue weighted by molar-refractivity contribution is 9.10. The summed E-state index contributed by atoms with van der Waals surface area (Å²) in [6.45, 7) is 4.84. The SMILES string of the molecule is COCCN1CCC(N2CCN(C(=O)c3cccc(Br)c3)CC2)C1=O. The summed E-state index contributed by atoms with van der Waals surface area (Å²) in [4.78, 5) is 31.1. The van der Waals surface area contributed by atoms with Crippen molar-refractivity contribution in [3.63, 3.8) is 0 Å². The van der Waals surface area contributed by atoms with Crippen LogP contribution in [0.25, 0.3) is 0 Å². The van der Waals surface area contributed by atoms with Crippen molar-refractivity contribution in [2.75, 3.05) is 53.0 Å². The van der Waals surface area contributed by atoms with Crippen LogP contribution in [-0.4, -0.2) is 85.5 Å². The highest BCUT2D eigenvalue weighted by atomic mass is 79.9. The minimum absolute atomic E-state index is 0.0417. The van der Waals surface area contributed by atoms with Gasteiger partial charge in [-0.2, -0.15) is 0 Å². The topological polar surface area (TPSA) is 53.1 Å². The van der Waals surface area contributed by atoms with E-state index in [9.17, 15) is 9.59 Å². The predicted molar refractivity (Wildman–Crippen MR) is 98.5 cm³/mol. The zero-order valence-electron chi connectivity index (χ0n) is 14.5. The van der Waals surface area contributed by atoms with Gasteiger partial charge in [0.05, 0.1) is 12.6 Å². The first-order chi connectivity index (χ1) is 12.1. The van der Waals surface area contributed by atoms with E-state index in [0.29, 0.717) is 31.8 Å². The number of nitrogens with zero attached hydrogens (tertiary/aromatic N) is 3. The Morgan fingerprint density at radius 2 is 2.00 bits per heavy atom. The second kappa shape index (κ2) is 8.29. The van der Waals surface area contributed by atoms with E-state index in [2.05, 4.69) is 20.8 Å². The van der Waals surface area contributed by atoms with Gasteiger partial charge in [-0.3, -0.25) is 14.5 Å². The zero-order valence-corrected chi connectivity index (χ0v) is 16.1. The average molecular weight is 410 g/mol. The zero-order chi connectivity index (χ0) is 17.8. The molecule has 136 valence electrons. The van der Waals surface area contributed by atoms with Crippen LogP contribution in [0.3, 0.4) is 0 Å². The lowest BCUT2D eigenvalue weighted by Crippen LogP contribution is -2.53. The van der Waals surface area contributed by atoms with Crippen LogP contribution in [0.2, 0.25) is 0 Å². The molecule has 2 aliphatic rings. The van der Waals surface area contributed by atoms with Crippen LogP contribution in [0, 0.1) is 0 Å². The van der Waals surface area contributed by atoms with Crippen LogP contribution >= 0.6 is 15.9 Å². The van der Waals surface area contributed by atoms with E-state index >= 15 is 0 Å². The molecular weight excluding hydrogens is 386 g/mol. The van der Waals surface area contributed by atoms with E-state index in [-0.39, 0.29) is 17.9 Å². The summed E-state index contributed by atoms with van der Waals surface area (Å²) >= 11 is 3.41.